The van der Waals surface area contributed by atoms with Crippen LogP contribution in [-0.2, 0) is 0 Å². The van der Waals surface area contributed by atoms with Gasteiger partial charge in [0.2, 0.25) is 11.7 Å². The minimum Gasteiger partial charge on any atom is -0.497 e. The first kappa shape index (κ1) is 21.0. The third-order valence-corrected chi connectivity index (χ3v) is 4.80. The molecule has 32 heavy (non-hydrogen) atoms. The lowest BCUT2D eigenvalue weighted by molar-refractivity contribution is 0.0933. The summed E-state index contributed by atoms with van der Waals surface area (Å²) in [6.45, 7) is 1.75. The second kappa shape index (κ2) is 9.30. The maximum absolute atomic E-state index is 13.1. The number of methoxy groups -OCH3 is 1. The van der Waals surface area contributed by atoms with Gasteiger partial charge in [-0.15, -0.1) is 0 Å². The molecule has 0 radical (unpaired) electrons. The number of amides is 1. The number of hydrogen-bond donors (Lipinski definition) is 2. The molecule has 8 heteroatoms. The van der Waals surface area contributed by atoms with Gasteiger partial charge in [0.05, 0.1) is 18.4 Å². The third-order valence-electron chi connectivity index (χ3n) is 4.80. The molecular weight excluding hydrogens is 411 g/mol. The first-order valence-electron chi connectivity index (χ1n) is 9.94. The summed E-state index contributed by atoms with van der Waals surface area (Å²) in [5.74, 6) is 0.673. The SMILES string of the molecule is COc1ccc(Nc2ccccc2C(=O)NC(C)c2nc(-c3ccc(F)cc3)no2)cc1. The van der Waals surface area contributed by atoms with Crippen molar-refractivity contribution in [2.24, 2.45) is 0 Å². The van der Waals surface area contributed by atoms with Gasteiger partial charge in [-0.05, 0) is 67.6 Å². The fourth-order valence-corrected chi connectivity index (χ4v) is 3.08. The Morgan fingerprint density at radius 3 is 2.47 bits per heavy atom. The van der Waals surface area contributed by atoms with Crippen LogP contribution in [0.1, 0.15) is 29.2 Å². The van der Waals surface area contributed by atoms with E-state index in [1.807, 2.05) is 36.4 Å². The summed E-state index contributed by atoms with van der Waals surface area (Å²) in [5.41, 5.74) is 2.56. The van der Waals surface area contributed by atoms with Crippen LogP contribution in [0.25, 0.3) is 11.4 Å². The number of carbonyl (C=O) groups is 1. The molecule has 0 fully saturated rings. The molecule has 162 valence electrons. The van der Waals surface area contributed by atoms with Crippen LogP contribution in [0.4, 0.5) is 15.8 Å². The molecule has 7 nitrogen and oxygen atoms in total. The third kappa shape index (κ3) is 4.75. The topological polar surface area (TPSA) is 89.3 Å². The summed E-state index contributed by atoms with van der Waals surface area (Å²) in [7, 11) is 1.61. The molecule has 0 spiro atoms. The summed E-state index contributed by atoms with van der Waals surface area (Å²) in [6.07, 6.45) is 0. The molecule has 1 heterocycles. The van der Waals surface area contributed by atoms with Crippen molar-refractivity contribution in [1.29, 1.82) is 0 Å². The summed E-state index contributed by atoms with van der Waals surface area (Å²) in [6, 6.07) is 19.8. The zero-order valence-corrected chi connectivity index (χ0v) is 17.5. The van der Waals surface area contributed by atoms with Crippen molar-refractivity contribution in [3.63, 3.8) is 0 Å². The Bertz CT molecular complexity index is 1210. The van der Waals surface area contributed by atoms with E-state index < -0.39 is 6.04 Å². The van der Waals surface area contributed by atoms with Gasteiger partial charge in [0.15, 0.2) is 0 Å². The van der Waals surface area contributed by atoms with E-state index in [2.05, 4.69) is 20.8 Å². The van der Waals surface area contributed by atoms with Gasteiger partial charge in [0, 0.05) is 11.3 Å². The number of anilines is 2. The summed E-state index contributed by atoms with van der Waals surface area (Å²) in [5, 5.41) is 10.0. The van der Waals surface area contributed by atoms with Crippen LogP contribution in [0, 0.1) is 5.82 Å². The molecule has 0 aliphatic heterocycles. The zero-order chi connectivity index (χ0) is 22.5. The van der Waals surface area contributed by atoms with Gasteiger partial charge in [-0.3, -0.25) is 4.79 Å². The van der Waals surface area contributed by atoms with Crippen LogP contribution in [0.3, 0.4) is 0 Å². The molecular formula is C24H21FN4O3. The number of ether oxygens (including phenoxy) is 1. The van der Waals surface area contributed by atoms with E-state index in [1.165, 1.54) is 12.1 Å². The summed E-state index contributed by atoms with van der Waals surface area (Å²) in [4.78, 5) is 17.3. The molecule has 0 bridgehead atoms. The van der Waals surface area contributed by atoms with E-state index in [-0.39, 0.29) is 17.6 Å². The highest BCUT2D eigenvalue weighted by Crippen LogP contribution is 2.24. The number of halogens is 1. The highest BCUT2D eigenvalue weighted by Gasteiger charge is 2.20. The second-order valence-electron chi connectivity index (χ2n) is 7.06. The lowest BCUT2D eigenvalue weighted by atomic mass is 10.1. The smallest absolute Gasteiger partial charge is 0.254 e. The molecule has 0 saturated carbocycles. The molecule has 3 aromatic carbocycles. The van der Waals surface area contributed by atoms with Gasteiger partial charge in [-0.1, -0.05) is 17.3 Å². The van der Waals surface area contributed by atoms with Crippen molar-refractivity contribution in [2.75, 3.05) is 12.4 Å². The number of rotatable bonds is 7. The fraction of sp³-hybridized carbons (Fsp3) is 0.125. The van der Waals surface area contributed by atoms with Crippen LogP contribution < -0.4 is 15.4 Å². The van der Waals surface area contributed by atoms with Gasteiger partial charge in [-0.25, -0.2) is 4.39 Å². The van der Waals surface area contributed by atoms with E-state index in [0.717, 1.165) is 11.4 Å². The monoisotopic (exact) mass is 432 g/mol. The van der Waals surface area contributed by atoms with Crippen molar-refractivity contribution in [2.45, 2.75) is 13.0 Å². The molecule has 1 aromatic heterocycles. The highest BCUT2D eigenvalue weighted by molar-refractivity contribution is 6.00. The Hall–Kier alpha value is -4.20. The van der Waals surface area contributed by atoms with Crippen molar-refractivity contribution in [3.05, 3.63) is 90.1 Å². The maximum atomic E-state index is 13.1. The van der Waals surface area contributed by atoms with Crippen LogP contribution in [-0.4, -0.2) is 23.2 Å². The average Bonchev–Trinajstić information content (AvgIpc) is 3.31. The number of benzene rings is 3. The molecule has 2 N–H and O–H groups in total. The molecule has 0 saturated heterocycles. The zero-order valence-electron chi connectivity index (χ0n) is 17.5. The lowest BCUT2D eigenvalue weighted by Crippen LogP contribution is -2.27. The van der Waals surface area contributed by atoms with E-state index in [0.29, 0.717) is 22.6 Å². The van der Waals surface area contributed by atoms with Crippen molar-refractivity contribution in [1.82, 2.24) is 15.5 Å². The number of aromatic nitrogens is 2. The van der Waals surface area contributed by atoms with E-state index in [4.69, 9.17) is 9.26 Å². The molecule has 1 atom stereocenters. The number of hydrogen-bond acceptors (Lipinski definition) is 6. The predicted molar refractivity (Wildman–Crippen MR) is 118 cm³/mol. The Morgan fingerprint density at radius 2 is 1.75 bits per heavy atom. The number of para-hydroxylation sites is 1. The first-order valence-corrected chi connectivity index (χ1v) is 9.94. The molecule has 4 rings (SSSR count). The lowest BCUT2D eigenvalue weighted by Gasteiger charge is -2.14. The van der Waals surface area contributed by atoms with E-state index in [1.54, 1.807) is 38.3 Å². The van der Waals surface area contributed by atoms with Crippen LogP contribution in [0.15, 0.2) is 77.3 Å². The predicted octanol–water partition coefficient (Wildman–Crippen LogP) is 5.12. The Balaban J connectivity index is 1.47. The van der Waals surface area contributed by atoms with E-state index in [9.17, 15) is 9.18 Å². The molecule has 4 aromatic rings. The molecule has 1 amide bonds. The van der Waals surface area contributed by atoms with Gasteiger partial charge in [0.1, 0.15) is 17.6 Å². The van der Waals surface area contributed by atoms with E-state index >= 15 is 0 Å². The molecule has 0 aliphatic rings. The largest absolute Gasteiger partial charge is 0.497 e. The fourth-order valence-electron chi connectivity index (χ4n) is 3.08. The normalized spacial score (nSPS) is 11.6. The quantitative estimate of drug-likeness (QED) is 0.421. The average molecular weight is 432 g/mol. The minimum atomic E-state index is -0.529. The van der Waals surface area contributed by atoms with Crippen molar-refractivity contribution < 1.29 is 18.4 Å². The minimum absolute atomic E-state index is 0.248. The Kier molecular flexibility index (Phi) is 6.12. The summed E-state index contributed by atoms with van der Waals surface area (Å²) >= 11 is 0. The number of nitrogens with one attached hydrogen (secondary N) is 2. The second-order valence-corrected chi connectivity index (χ2v) is 7.06. The van der Waals surface area contributed by atoms with Gasteiger partial charge in [-0.2, -0.15) is 4.98 Å². The van der Waals surface area contributed by atoms with Crippen LogP contribution in [0.2, 0.25) is 0 Å². The standard InChI is InChI=1S/C24H21FN4O3/c1-15(24-28-22(29-32-24)16-7-9-17(25)10-8-16)26-23(30)20-5-3-4-6-21(20)27-18-11-13-19(31-2)14-12-18/h3-15,27H,1-2H3,(H,26,30). The van der Waals surface area contributed by atoms with Crippen molar-refractivity contribution in [3.8, 4) is 17.1 Å². The number of carbonyl (C=O) groups excluding carboxylic acids is 1. The highest BCUT2D eigenvalue weighted by atomic mass is 19.1. The van der Waals surface area contributed by atoms with Gasteiger partial charge < -0.3 is 19.9 Å². The van der Waals surface area contributed by atoms with Gasteiger partial charge in [0.25, 0.3) is 5.91 Å². The van der Waals surface area contributed by atoms with Gasteiger partial charge >= 0.3 is 0 Å². The Labute approximate surface area is 184 Å². The van der Waals surface area contributed by atoms with Crippen molar-refractivity contribution >= 4 is 17.3 Å². The molecule has 0 aliphatic carbocycles. The summed E-state index contributed by atoms with van der Waals surface area (Å²) < 4.78 is 23.6. The Morgan fingerprint density at radius 1 is 1.03 bits per heavy atom. The first-order chi connectivity index (χ1) is 15.5. The number of nitrogens with zero attached hydrogens (tertiary/aromatic N) is 2. The van der Waals surface area contributed by atoms with Crippen LogP contribution >= 0.6 is 0 Å². The maximum Gasteiger partial charge on any atom is 0.254 e. The van der Waals surface area contributed by atoms with Crippen LogP contribution in [0.5, 0.6) is 5.75 Å². The molecule has 1 unspecified atom stereocenters.